The molecule has 0 heterocycles. The number of nitrogens with zero attached hydrogens (tertiary/aromatic N) is 1. The SMILES string of the molecule is COc1ccccc1C(CNC(=O)CSc1ccccc1F)N(C)C. The predicted molar refractivity (Wildman–Crippen MR) is 99.6 cm³/mol. The van der Waals surface area contributed by atoms with E-state index in [1.807, 2.05) is 43.3 Å². The van der Waals surface area contributed by atoms with Gasteiger partial charge in [0, 0.05) is 17.0 Å². The maximum atomic E-state index is 13.6. The van der Waals surface area contributed by atoms with E-state index >= 15 is 0 Å². The largest absolute Gasteiger partial charge is 0.496 e. The van der Waals surface area contributed by atoms with Gasteiger partial charge in [-0.1, -0.05) is 30.3 Å². The quantitative estimate of drug-likeness (QED) is 0.732. The van der Waals surface area contributed by atoms with E-state index in [-0.39, 0.29) is 23.5 Å². The first-order chi connectivity index (χ1) is 12.0. The molecule has 0 aliphatic rings. The van der Waals surface area contributed by atoms with Crippen LogP contribution in [0.25, 0.3) is 0 Å². The molecule has 6 heteroatoms. The van der Waals surface area contributed by atoms with Gasteiger partial charge in [-0.15, -0.1) is 11.8 Å². The van der Waals surface area contributed by atoms with Gasteiger partial charge in [0.1, 0.15) is 11.6 Å². The van der Waals surface area contributed by atoms with Crippen LogP contribution in [0, 0.1) is 5.82 Å². The van der Waals surface area contributed by atoms with Crippen LogP contribution in [0.5, 0.6) is 5.75 Å². The molecule has 1 amide bonds. The molecule has 4 nitrogen and oxygen atoms in total. The van der Waals surface area contributed by atoms with Gasteiger partial charge in [0.25, 0.3) is 0 Å². The molecule has 0 bridgehead atoms. The van der Waals surface area contributed by atoms with Crippen LogP contribution in [0.4, 0.5) is 4.39 Å². The molecule has 2 aromatic rings. The summed E-state index contributed by atoms with van der Waals surface area (Å²) in [7, 11) is 5.55. The highest BCUT2D eigenvalue weighted by atomic mass is 32.2. The summed E-state index contributed by atoms with van der Waals surface area (Å²) in [6.07, 6.45) is 0. The zero-order chi connectivity index (χ0) is 18.2. The van der Waals surface area contributed by atoms with Crippen LogP contribution >= 0.6 is 11.8 Å². The molecule has 2 rings (SSSR count). The van der Waals surface area contributed by atoms with Crippen molar-refractivity contribution in [2.24, 2.45) is 0 Å². The molecule has 0 spiro atoms. The summed E-state index contributed by atoms with van der Waals surface area (Å²) in [6, 6.07) is 14.2. The van der Waals surface area contributed by atoms with Crippen LogP contribution < -0.4 is 10.1 Å². The molecule has 25 heavy (non-hydrogen) atoms. The van der Waals surface area contributed by atoms with Crippen molar-refractivity contribution in [3.8, 4) is 5.75 Å². The minimum atomic E-state index is -0.305. The number of carbonyl (C=O) groups excluding carboxylic acids is 1. The van der Waals surface area contributed by atoms with E-state index in [2.05, 4.69) is 5.32 Å². The van der Waals surface area contributed by atoms with E-state index in [4.69, 9.17) is 4.74 Å². The van der Waals surface area contributed by atoms with Crippen LogP contribution in [-0.2, 0) is 4.79 Å². The van der Waals surface area contributed by atoms with Crippen molar-refractivity contribution in [3.05, 3.63) is 59.9 Å². The molecule has 0 radical (unpaired) electrons. The number of halogens is 1. The molecule has 0 fully saturated rings. The highest BCUT2D eigenvalue weighted by Crippen LogP contribution is 2.27. The number of methoxy groups -OCH3 is 1. The van der Waals surface area contributed by atoms with Gasteiger partial charge >= 0.3 is 0 Å². The number of likely N-dealkylation sites (N-methyl/N-ethyl adjacent to an activating group) is 1. The first kappa shape index (κ1) is 19.3. The van der Waals surface area contributed by atoms with Crippen molar-refractivity contribution in [1.29, 1.82) is 0 Å². The van der Waals surface area contributed by atoms with Crippen LogP contribution in [-0.4, -0.2) is 44.3 Å². The smallest absolute Gasteiger partial charge is 0.230 e. The molecule has 0 aliphatic heterocycles. The Kier molecular flexibility index (Phi) is 7.28. The zero-order valence-corrected chi connectivity index (χ0v) is 15.5. The topological polar surface area (TPSA) is 41.6 Å². The molecule has 134 valence electrons. The first-order valence-corrected chi connectivity index (χ1v) is 8.95. The van der Waals surface area contributed by atoms with E-state index < -0.39 is 0 Å². The molecular formula is C19H23FN2O2S. The minimum Gasteiger partial charge on any atom is -0.496 e. The molecule has 1 unspecified atom stereocenters. The number of amides is 1. The third-order valence-electron chi connectivity index (χ3n) is 3.81. The fraction of sp³-hybridized carbons (Fsp3) is 0.316. The Bertz CT molecular complexity index is 709. The Morgan fingerprint density at radius 2 is 1.88 bits per heavy atom. The molecule has 0 aromatic heterocycles. The number of hydrogen-bond donors (Lipinski definition) is 1. The number of nitrogens with one attached hydrogen (secondary N) is 1. The number of rotatable bonds is 8. The first-order valence-electron chi connectivity index (χ1n) is 7.96. The second-order valence-electron chi connectivity index (χ2n) is 5.74. The maximum Gasteiger partial charge on any atom is 0.230 e. The van der Waals surface area contributed by atoms with Gasteiger partial charge < -0.3 is 15.0 Å². The summed E-state index contributed by atoms with van der Waals surface area (Å²) >= 11 is 1.19. The summed E-state index contributed by atoms with van der Waals surface area (Å²) in [5.74, 6) is 0.527. The standard InChI is InChI=1S/C19H23FN2O2S/c1-22(2)16(14-8-4-6-10-17(14)24-3)12-21-19(23)13-25-18-11-7-5-9-15(18)20/h4-11,16H,12-13H2,1-3H3,(H,21,23). The lowest BCUT2D eigenvalue weighted by Crippen LogP contribution is -2.35. The third-order valence-corrected chi connectivity index (χ3v) is 4.86. The van der Waals surface area contributed by atoms with Crippen molar-refractivity contribution in [2.45, 2.75) is 10.9 Å². The van der Waals surface area contributed by atoms with Crippen LogP contribution in [0.3, 0.4) is 0 Å². The van der Waals surface area contributed by atoms with Gasteiger partial charge in [-0.25, -0.2) is 4.39 Å². The number of carbonyl (C=O) groups is 1. The lowest BCUT2D eigenvalue weighted by molar-refractivity contribution is -0.118. The summed E-state index contributed by atoms with van der Waals surface area (Å²) < 4.78 is 19.0. The van der Waals surface area contributed by atoms with E-state index in [0.717, 1.165) is 11.3 Å². The zero-order valence-electron chi connectivity index (χ0n) is 14.7. The molecule has 1 N–H and O–H groups in total. The molecule has 0 saturated heterocycles. The van der Waals surface area contributed by atoms with E-state index in [9.17, 15) is 9.18 Å². The lowest BCUT2D eigenvalue weighted by Gasteiger charge is -2.26. The molecule has 1 atom stereocenters. The minimum absolute atomic E-state index is 0.0152. The lowest BCUT2D eigenvalue weighted by atomic mass is 10.0. The normalized spacial score (nSPS) is 12.0. The van der Waals surface area contributed by atoms with Crippen molar-refractivity contribution in [2.75, 3.05) is 33.5 Å². The number of hydrogen-bond acceptors (Lipinski definition) is 4. The van der Waals surface area contributed by atoms with Gasteiger partial charge in [-0.05, 0) is 32.3 Å². The highest BCUT2D eigenvalue weighted by Gasteiger charge is 2.19. The summed E-state index contributed by atoms with van der Waals surface area (Å²) in [5, 5.41) is 2.92. The average Bonchev–Trinajstić information content (AvgIpc) is 2.61. The van der Waals surface area contributed by atoms with Gasteiger partial charge in [0.15, 0.2) is 0 Å². The fourth-order valence-electron chi connectivity index (χ4n) is 2.48. The van der Waals surface area contributed by atoms with Crippen molar-refractivity contribution >= 4 is 17.7 Å². The van der Waals surface area contributed by atoms with Crippen LogP contribution in [0.1, 0.15) is 11.6 Å². The van der Waals surface area contributed by atoms with Crippen molar-refractivity contribution in [3.63, 3.8) is 0 Å². The number of thioether (sulfide) groups is 1. The third kappa shape index (κ3) is 5.47. The monoisotopic (exact) mass is 362 g/mol. The molecule has 0 aliphatic carbocycles. The fourth-order valence-corrected chi connectivity index (χ4v) is 3.25. The second-order valence-corrected chi connectivity index (χ2v) is 6.76. The predicted octanol–water partition coefficient (Wildman–Crippen LogP) is 3.35. The van der Waals surface area contributed by atoms with Gasteiger partial charge in [-0.2, -0.15) is 0 Å². The second kappa shape index (κ2) is 9.44. The summed E-state index contributed by atoms with van der Waals surface area (Å²) in [4.78, 5) is 14.6. The summed E-state index contributed by atoms with van der Waals surface area (Å²) in [6.45, 7) is 0.448. The van der Waals surface area contributed by atoms with Crippen molar-refractivity contribution in [1.82, 2.24) is 10.2 Å². The molecule has 0 saturated carbocycles. The van der Waals surface area contributed by atoms with Gasteiger partial charge in [0.2, 0.25) is 5.91 Å². The Morgan fingerprint density at radius 3 is 2.56 bits per heavy atom. The molecule has 2 aromatic carbocycles. The van der Waals surface area contributed by atoms with Gasteiger partial charge in [-0.3, -0.25) is 4.79 Å². The highest BCUT2D eigenvalue weighted by molar-refractivity contribution is 8.00. The van der Waals surface area contributed by atoms with Crippen LogP contribution in [0.15, 0.2) is 53.4 Å². The van der Waals surface area contributed by atoms with Crippen molar-refractivity contribution < 1.29 is 13.9 Å². The van der Waals surface area contributed by atoms with E-state index in [1.54, 1.807) is 25.3 Å². The van der Waals surface area contributed by atoms with Crippen LogP contribution in [0.2, 0.25) is 0 Å². The van der Waals surface area contributed by atoms with E-state index in [1.165, 1.54) is 17.8 Å². The number of para-hydroxylation sites is 1. The Morgan fingerprint density at radius 1 is 1.20 bits per heavy atom. The number of benzene rings is 2. The average molecular weight is 362 g/mol. The summed E-state index contributed by atoms with van der Waals surface area (Å²) in [5.41, 5.74) is 1.01. The molecular weight excluding hydrogens is 339 g/mol. The Balaban J connectivity index is 1.95. The number of ether oxygens (including phenoxy) is 1. The Labute approximate surface area is 152 Å². The van der Waals surface area contributed by atoms with Gasteiger partial charge in [0.05, 0.1) is 18.9 Å². The van der Waals surface area contributed by atoms with E-state index in [0.29, 0.717) is 11.4 Å². The Hall–Kier alpha value is -2.05. The maximum absolute atomic E-state index is 13.6.